The number of phosphoric acid groups is 2. The second kappa shape index (κ2) is 20.1. The first-order chi connectivity index (χ1) is 13.4. The fourth-order valence-electron chi connectivity index (χ4n) is 2.63. The summed E-state index contributed by atoms with van der Waals surface area (Å²) in [4.78, 5) is 37.3. The first-order valence-corrected chi connectivity index (χ1v) is 11.3. The van der Waals surface area contributed by atoms with Crippen molar-refractivity contribution in [3.63, 3.8) is 0 Å². The van der Waals surface area contributed by atoms with Crippen LogP contribution in [0.4, 0.5) is 0 Å². The van der Waals surface area contributed by atoms with Crippen LogP contribution in [0.25, 0.3) is 11.1 Å². The molecule has 0 aliphatic heterocycles. The molecule has 2 aromatic carbocycles. The van der Waals surface area contributed by atoms with Crippen LogP contribution in [-0.4, -0.2) is 10.2 Å². The largest absolute Gasteiger partial charge is 1.00 e. The zero-order valence-corrected chi connectivity index (χ0v) is 29.5. The Labute approximate surface area is 282 Å². The molecule has 33 heavy (non-hydrogen) atoms. The Bertz CT molecular complexity index is 851. The van der Waals surface area contributed by atoms with Crippen molar-refractivity contribution < 1.29 is 161 Å². The standard InChI is InChI=1S/C18H20O2.4Na.H4O7P2/c1-3-17(13-5-9-15(19)10-6-13)18(4-2)14-7-11-16(20)12-8-14;;;;;1-8(2,3)7-9(4,5)6/h5-12,19-20H,3-4H2,1-2H3;;;;;(H2,1,2,3)(H2,4,5,6)/q;4*+1;/p-4/b18-17+;;;;;. The van der Waals surface area contributed by atoms with Gasteiger partial charge in [-0.05, 0) is 59.4 Å². The van der Waals surface area contributed by atoms with E-state index in [9.17, 15) is 38.9 Å². The van der Waals surface area contributed by atoms with Crippen molar-refractivity contribution in [2.45, 2.75) is 26.7 Å². The minimum absolute atomic E-state index is 0. The monoisotopic (exact) mass is 534 g/mol. The zero-order valence-electron chi connectivity index (χ0n) is 19.7. The molecule has 160 valence electrons. The molecule has 2 N–H and O–H groups in total. The molecule has 0 atom stereocenters. The third-order valence-electron chi connectivity index (χ3n) is 3.70. The second-order valence-electron chi connectivity index (χ2n) is 5.73. The molecule has 15 heteroatoms. The van der Waals surface area contributed by atoms with Crippen molar-refractivity contribution in [2.75, 3.05) is 0 Å². The van der Waals surface area contributed by atoms with Crippen molar-refractivity contribution in [1.82, 2.24) is 0 Å². The molecule has 9 nitrogen and oxygen atoms in total. The van der Waals surface area contributed by atoms with Gasteiger partial charge in [-0.1, -0.05) is 38.1 Å². The molecule has 0 radical (unpaired) electrons. The summed E-state index contributed by atoms with van der Waals surface area (Å²) in [6.07, 6.45) is 1.85. The van der Waals surface area contributed by atoms with E-state index in [0.29, 0.717) is 0 Å². The van der Waals surface area contributed by atoms with Crippen molar-refractivity contribution in [1.29, 1.82) is 0 Å². The number of phenols is 2. The van der Waals surface area contributed by atoms with Crippen LogP contribution in [0.15, 0.2) is 48.5 Å². The summed E-state index contributed by atoms with van der Waals surface area (Å²) in [6, 6.07) is 14.7. The molecule has 2 aromatic rings. The van der Waals surface area contributed by atoms with Gasteiger partial charge in [-0.3, -0.25) is 0 Å². The topological polar surface area (TPSA) is 176 Å². The van der Waals surface area contributed by atoms with E-state index >= 15 is 0 Å². The third-order valence-corrected chi connectivity index (χ3v) is 5.30. The maximum absolute atomic E-state index is 9.41. The van der Waals surface area contributed by atoms with Crippen LogP contribution in [0, 0.1) is 0 Å². The quantitative estimate of drug-likeness (QED) is 0.207. The Hall–Kier alpha value is 2.04. The molecule has 0 saturated carbocycles. The zero-order chi connectivity index (χ0) is 22.2. The minimum atomic E-state index is -5.68. The van der Waals surface area contributed by atoms with E-state index in [1.807, 2.05) is 24.3 Å². The van der Waals surface area contributed by atoms with Gasteiger partial charge in [-0.2, -0.15) is 0 Å². The summed E-state index contributed by atoms with van der Waals surface area (Å²) in [7, 11) is -11.4. The van der Waals surface area contributed by atoms with Crippen LogP contribution in [0.2, 0.25) is 0 Å². The van der Waals surface area contributed by atoms with Gasteiger partial charge < -0.3 is 43.2 Å². The van der Waals surface area contributed by atoms with Gasteiger partial charge in [0, 0.05) is 0 Å². The number of allylic oxidation sites excluding steroid dienone is 2. The number of phenolic OH excluding ortho intramolecular Hbond substituents is 2. The van der Waals surface area contributed by atoms with Crippen LogP contribution >= 0.6 is 15.6 Å². The molecule has 0 aromatic heterocycles. The fourth-order valence-corrected chi connectivity index (χ4v) is 3.61. The Morgan fingerprint density at radius 3 is 1.06 bits per heavy atom. The molecule has 0 spiro atoms. The molecule has 0 aliphatic rings. The summed E-state index contributed by atoms with van der Waals surface area (Å²) in [6.45, 7) is 4.27. The summed E-state index contributed by atoms with van der Waals surface area (Å²) < 4.78 is 21.2. The predicted octanol–water partition coefficient (Wildman–Crippen LogP) is -10.5. The number of aromatic hydroxyl groups is 2. The molecule has 0 fully saturated rings. The molecule has 0 amide bonds. The average Bonchev–Trinajstić information content (AvgIpc) is 2.59. The van der Waals surface area contributed by atoms with Crippen LogP contribution in [0.5, 0.6) is 11.5 Å². The summed E-state index contributed by atoms with van der Waals surface area (Å²) >= 11 is 0. The molecule has 0 saturated heterocycles. The SMILES string of the molecule is CC/C(=C(/CC)c1ccc(O)cc1)c1ccc(O)cc1.O=P([O-])([O-])OP(=O)([O-])[O-].[Na+].[Na+].[Na+].[Na+]. The normalized spacial score (nSPS) is 11.1. The first kappa shape index (κ1) is 42.1. The molecular weight excluding hydrogens is 514 g/mol. The van der Waals surface area contributed by atoms with E-state index in [4.69, 9.17) is 0 Å². The van der Waals surface area contributed by atoms with Gasteiger partial charge in [0.05, 0.1) is 15.6 Å². The summed E-state index contributed by atoms with van der Waals surface area (Å²) in [5.74, 6) is 0.568. The van der Waals surface area contributed by atoms with Crippen LogP contribution < -0.4 is 138 Å². The number of hydrogen-bond donors (Lipinski definition) is 2. The van der Waals surface area contributed by atoms with Gasteiger partial charge in [0.15, 0.2) is 0 Å². The molecule has 0 unspecified atom stereocenters. The Morgan fingerprint density at radius 1 is 0.667 bits per heavy atom. The molecule has 0 heterocycles. The van der Waals surface area contributed by atoms with Crippen molar-refractivity contribution in [3.05, 3.63) is 59.7 Å². The van der Waals surface area contributed by atoms with Crippen LogP contribution in [-0.2, 0) is 13.4 Å². The van der Waals surface area contributed by atoms with Gasteiger partial charge in [0.25, 0.3) is 0 Å². The smallest absolute Gasteiger partial charge is 0.790 e. The van der Waals surface area contributed by atoms with Gasteiger partial charge in [0.1, 0.15) is 11.5 Å². The fraction of sp³-hybridized carbons (Fsp3) is 0.222. The first-order valence-electron chi connectivity index (χ1n) is 8.42. The maximum Gasteiger partial charge on any atom is 1.00 e. The van der Waals surface area contributed by atoms with Gasteiger partial charge in [-0.15, -0.1) is 0 Å². The van der Waals surface area contributed by atoms with E-state index in [-0.39, 0.29) is 130 Å². The molecule has 0 bridgehead atoms. The molecule has 0 aliphatic carbocycles. The Kier molecular flexibility index (Phi) is 25.6. The van der Waals surface area contributed by atoms with E-state index < -0.39 is 15.6 Å². The van der Waals surface area contributed by atoms with E-state index in [2.05, 4.69) is 18.2 Å². The van der Waals surface area contributed by atoms with Crippen LogP contribution in [0.3, 0.4) is 0 Å². The molecular formula is C18H20Na4O9P2. The van der Waals surface area contributed by atoms with Crippen molar-refractivity contribution >= 4 is 26.8 Å². The predicted molar refractivity (Wildman–Crippen MR) is 99.9 cm³/mol. The van der Waals surface area contributed by atoms with E-state index in [1.165, 1.54) is 11.1 Å². The number of rotatable bonds is 6. The average molecular weight is 534 g/mol. The number of benzene rings is 2. The summed E-state index contributed by atoms with van der Waals surface area (Å²) in [5, 5.41) is 18.8. The maximum atomic E-state index is 9.41. The van der Waals surface area contributed by atoms with Gasteiger partial charge in [0.2, 0.25) is 0 Å². The molecule has 2 rings (SSSR count). The van der Waals surface area contributed by atoms with Crippen molar-refractivity contribution in [3.8, 4) is 11.5 Å². The Balaban J connectivity index is -0.000000283. The Morgan fingerprint density at radius 2 is 0.909 bits per heavy atom. The van der Waals surface area contributed by atoms with Crippen LogP contribution in [0.1, 0.15) is 37.8 Å². The van der Waals surface area contributed by atoms with Gasteiger partial charge in [-0.25, -0.2) is 0 Å². The number of hydrogen-bond acceptors (Lipinski definition) is 9. The van der Waals surface area contributed by atoms with Crippen molar-refractivity contribution in [2.24, 2.45) is 0 Å². The summed E-state index contributed by atoms with van der Waals surface area (Å²) in [5.41, 5.74) is 4.82. The van der Waals surface area contributed by atoms with E-state index in [1.54, 1.807) is 24.3 Å². The van der Waals surface area contributed by atoms with E-state index in [0.717, 1.165) is 24.0 Å². The minimum Gasteiger partial charge on any atom is -0.790 e. The third kappa shape index (κ3) is 18.0. The second-order valence-corrected chi connectivity index (χ2v) is 8.18. The van der Waals surface area contributed by atoms with Gasteiger partial charge >= 0.3 is 118 Å².